The van der Waals surface area contributed by atoms with Crippen molar-refractivity contribution in [2.75, 3.05) is 7.05 Å². The minimum atomic E-state index is -0.674. The summed E-state index contributed by atoms with van der Waals surface area (Å²) in [7, 11) is 1.84. The minimum Gasteiger partial charge on any atom is -0.390 e. The van der Waals surface area contributed by atoms with Crippen molar-refractivity contribution in [1.82, 2.24) is 9.88 Å². The van der Waals surface area contributed by atoms with Crippen molar-refractivity contribution in [2.45, 2.75) is 51.7 Å². The molecule has 0 fully saturated rings. The van der Waals surface area contributed by atoms with Crippen LogP contribution in [0.2, 0.25) is 0 Å². The predicted molar refractivity (Wildman–Crippen MR) is 100 cm³/mol. The van der Waals surface area contributed by atoms with E-state index in [1.165, 1.54) is 0 Å². The molecule has 1 amide bonds. The van der Waals surface area contributed by atoms with E-state index >= 15 is 0 Å². The van der Waals surface area contributed by atoms with Gasteiger partial charge < -0.3 is 10.0 Å². The molecule has 25 heavy (non-hydrogen) atoms. The van der Waals surface area contributed by atoms with Gasteiger partial charge in [-0.25, -0.2) is 0 Å². The first-order chi connectivity index (χ1) is 11.8. The first-order valence-electron chi connectivity index (χ1n) is 8.80. The van der Waals surface area contributed by atoms with E-state index in [9.17, 15) is 9.90 Å². The van der Waals surface area contributed by atoms with Crippen molar-refractivity contribution in [3.8, 4) is 0 Å². The number of hydrogen-bond acceptors (Lipinski definition) is 3. The molecule has 134 valence electrons. The zero-order chi connectivity index (χ0) is 18.4. The summed E-state index contributed by atoms with van der Waals surface area (Å²) in [5.74, 6) is 0.00439. The molecule has 2 aromatic rings. The highest BCUT2D eigenvalue weighted by molar-refractivity contribution is 5.94. The molecule has 0 aliphatic heterocycles. The molecule has 0 saturated carbocycles. The van der Waals surface area contributed by atoms with Crippen LogP contribution in [0.1, 0.15) is 61.1 Å². The van der Waals surface area contributed by atoms with Gasteiger partial charge in [0.25, 0.3) is 5.91 Å². The molecule has 0 aliphatic rings. The summed E-state index contributed by atoms with van der Waals surface area (Å²) in [5.41, 5.74) is 2.17. The average molecular weight is 340 g/mol. The molecular weight excluding hydrogens is 312 g/mol. The van der Waals surface area contributed by atoms with Crippen LogP contribution >= 0.6 is 0 Å². The molecule has 1 atom stereocenters. The lowest BCUT2D eigenvalue weighted by Crippen LogP contribution is -2.31. The fourth-order valence-corrected chi connectivity index (χ4v) is 2.92. The van der Waals surface area contributed by atoms with Crippen LogP contribution in [-0.2, 0) is 6.42 Å². The lowest BCUT2D eigenvalue weighted by atomic mass is 9.98. The zero-order valence-corrected chi connectivity index (χ0v) is 15.6. The number of benzene rings is 1. The van der Waals surface area contributed by atoms with Crippen LogP contribution in [0.15, 0.2) is 48.8 Å². The van der Waals surface area contributed by atoms with E-state index in [0.29, 0.717) is 12.0 Å². The summed E-state index contributed by atoms with van der Waals surface area (Å²) in [6, 6.07) is 11.6. The Bertz CT molecular complexity index is 675. The Morgan fingerprint density at radius 3 is 2.44 bits per heavy atom. The van der Waals surface area contributed by atoms with Gasteiger partial charge >= 0.3 is 0 Å². The quantitative estimate of drug-likeness (QED) is 0.828. The molecule has 0 unspecified atom stereocenters. The molecule has 0 saturated heterocycles. The number of amides is 1. The number of aromatic nitrogens is 1. The fourth-order valence-electron chi connectivity index (χ4n) is 2.92. The fraction of sp³-hybridized carbons (Fsp3) is 0.429. The van der Waals surface area contributed by atoms with Crippen molar-refractivity contribution in [3.05, 3.63) is 65.5 Å². The standard InChI is InChI=1S/C21H28N2O2/c1-5-19(18-7-6-14-22-15-18)23(4)20(24)17-10-8-16(9-11-17)12-13-21(2,3)25/h6-11,14-15,19,25H,5,12-13H2,1-4H3/t19-/m0/s1. The molecule has 4 heteroatoms. The van der Waals surface area contributed by atoms with Gasteiger partial charge in [-0.2, -0.15) is 0 Å². The van der Waals surface area contributed by atoms with Crippen LogP contribution in [0.4, 0.5) is 0 Å². The smallest absolute Gasteiger partial charge is 0.254 e. The van der Waals surface area contributed by atoms with E-state index < -0.39 is 5.60 Å². The number of aryl methyl sites for hydroxylation is 1. The first-order valence-corrected chi connectivity index (χ1v) is 8.80. The molecule has 0 bridgehead atoms. The molecule has 4 nitrogen and oxygen atoms in total. The summed E-state index contributed by atoms with van der Waals surface area (Å²) < 4.78 is 0. The molecule has 2 rings (SSSR count). The van der Waals surface area contributed by atoms with Gasteiger partial charge in [-0.15, -0.1) is 0 Å². The van der Waals surface area contributed by atoms with Crippen molar-refractivity contribution in [3.63, 3.8) is 0 Å². The van der Waals surface area contributed by atoms with Gasteiger partial charge in [-0.05, 0) is 62.4 Å². The van der Waals surface area contributed by atoms with Gasteiger partial charge in [-0.1, -0.05) is 25.1 Å². The molecule has 0 radical (unpaired) electrons. The van der Waals surface area contributed by atoms with E-state index in [2.05, 4.69) is 11.9 Å². The Labute approximate surface area is 150 Å². The topological polar surface area (TPSA) is 53.4 Å². The van der Waals surface area contributed by atoms with Crippen molar-refractivity contribution < 1.29 is 9.90 Å². The van der Waals surface area contributed by atoms with Crippen molar-refractivity contribution in [2.24, 2.45) is 0 Å². The highest BCUT2D eigenvalue weighted by Crippen LogP contribution is 2.24. The van der Waals surface area contributed by atoms with E-state index in [1.807, 2.05) is 63.5 Å². The maximum Gasteiger partial charge on any atom is 0.254 e. The van der Waals surface area contributed by atoms with E-state index in [4.69, 9.17) is 0 Å². The molecule has 0 aliphatic carbocycles. The van der Waals surface area contributed by atoms with Gasteiger partial charge in [-0.3, -0.25) is 9.78 Å². The molecule has 1 heterocycles. The van der Waals surface area contributed by atoms with Gasteiger partial charge in [0.15, 0.2) is 0 Å². The normalized spacial score (nSPS) is 12.7. The second-order valence-corrected chi connectivity index (χ2v) is 7.14. The largest absolute Gasteiger partial charge is 0.390 e. The summed E-state index contributed by atoms with van der Waals surface area (Å²) in [6.07, 6.45) is 5.87. The predicted octanol–water partition coefficient (Wildman–Crippen LogP) is 4.01. The van der Waals surface area contributed by atoms with Crippen molar-refractivity contribution in [1.29, 1.82) is 0 Å². The van der Waals surface area contributed by atoms with Crippen LogP contribution < -0.4 is 0 Å². The number of nitrogens with zero attached hydrogens (tertiary/aromatic N) is 2. The summed E-state index contributed by atoms with van der Waals surface area (Å²) in [6.45, 7) is 5.69. The van der Waals surface area contributed by atoms with Crippen LogP contribution in [0, 0.1) is 0 Å². The number of hydrogen-bond donors (Lipinski definition) is 1. The molecular formula is C21H28N2O2. The third kappa shape index (κ3) is 5.40. The Hall–Kier alpha value is -2.20. The van der Waals surface area contributed by atoms with Crippen LogP contribution in [0.5, 0.6) is 0 Å². The number of carbonyl (C=O) groups is 1. The molecule has 1 aromatic carbocycles. The summed E-state index contributed by atoms with van der Waals surface area (Å²) >= 11 is 0. The zero-order valence-electron chi connectivity index (χ0n) is 15.6. The Balaban J connectivity index is 2.08. The second kappa shape index (κ2) is 8.26. The maximum atomic E-state index is 12.8. The van der Waals surface area contributed by atoms with Gasteiger partial charge in [0.1, 0.15) is 0 Å². The first kappa shape index (κ1) is 19.1. The van der Waals surface area contributed by atoms with E-state index in [1.54, 1.807) is 11.1 Å². The monoisotopic (exact) mass is 340 g/mol. The Morgan fingerprint density at radius 1 is 1.24 bits per heavy atom. The van der Waals surface area contributed by atoms with Crippen LogP contribution in [0.25, 0.3) is 0 Å². The van der Waals surface area contributed by atoms with Crippen molar-refractivity contribution >= 4 is 5.91 Å². The SMILES string of the molecule is CC[C@@H](c1cccnc1)N(C)C(=O)c1ccc(CCC(C)(C)O)cc1. The number of rotatable bonds is 7. The number of carbonyl (C=O) groups excluding carboxylic acids is 1. The molecule has 1 N–H and O–H groups in total. The summed E-state index contributed by atoms with van der Waals surface area (Å²) in [5, 5.41) is 9.83. The van der Waals surface area contributed by atoms with E-state index in [-0.39, 0.29) is 11.9 Å². The van der Waals surface area contributed by atoms with Gasteiger partial charge in [0, 0.05) is 25.0 Å². The van der Waals surface area contributed by atoms with Crippen LogP contribution in [-0.4, -0.2) is 33.5 Å². The lowest BCUT2D eigenvalue weighted by Gasteiger charge is -2.27. The second-order valence-electron chi connectivity index (χ2n) is 7.14. The number of pyridine rings is 1. The molecule has 1 aromatic heterocycles. The third-order valence-electron chi connectivity index (χ3n) is 4.47. The van der Waals surface area contributed by atoms with E-state index in [0.717, 1.165) is 24.0 Å². The average Bonchev–Trinajstić information content (AvgIpc) is 2.60. The highest BCUT2D eigenvalue weighted by atomic mass is 16.3. The Kier molecular flexibility index (Phi) is 6.32. The molecule has 0 spiro atoms. The highest BCUT2D eigenvalue weighted by Gasteiger charge is 2.21. The summed E-state index contributed by atoms with van der Waals surface area (Å²) in [4.78, 5) is 18.8. The van der Waals surface area contributed by atoms with Gasteiger partial charge in [0.2, 0.25) is 0 Å². The lowest BCUT2D eigenvalue weighted by molar-refractivity contribution is 0.0708. The van der Waals surface area contributed by atoms with Crippen LogP contribution in [0.3, 0.4) is 0 Å². The van der Waals surface area contributed by atoms with Gasteiger partial charge in [0.05, 0.1) is 11.6 Å². The third-order valence-corrected chi connectivity index (χ3v) is 4.47. The maximum absolute atomic E-state index is 12.8. The Morgan fingerprint density at radius 2 is 1.92 bits per heavy atom. The minimum absolute atomic E-state index is 0.00439. The number of aliphatic hydroxyl groups is 1.